The molecule has 1 aliphatic carbocycles. The number of unbranched alkanes of at least 4 members (excludes halogenated alkanes) is 3. The smallest absolute Gasteiger partial charge is 0.303 e. The van der Waals surface area contributed by atoms with Crippen molar-refractivity contribution in [2.75, 3.05) is 0 Å². The van der Waals surface area contributed by atoms with E-state index in [0.717, 1.165) is 6.42 Å². The fourth-order valence-corrected chi connectivity index (χ4v) is 2.86. The van der Waals surface area contributed by atoms with Crippen molar-refractivity contribution in [3.05, 3.63) is 36.5 Å². The fraction of sp³-hybridized carbons (Fsp3) is 0.600. The molecule has 0 spiro atoms. The van der Waals surface area contributed by atoms with Crippen LogP contribution in [0, 0.1) is 11.8 Å². The molecule has 0 aromatic rings. The van der Waals surface area contributed by atoms with E-state index in [0.29, 0.717) is 19.3 Å². The van der Waals surface area contributed by atoms with Crippen LogP contribution >= 0.6 is 0 Å². The third kappa shape index (κ3) is 8.25. The number of hydrogen-bond acceptors (Lipinski definition) is 3. The second-order valence-corrected chi connectivity index (χ2v) is 6.39. The van der Waals surface area contributed by atoms with Gasteiger partial charge in [-0.15, -0.1) is 0 Å². The number of hydrogen-bond donors (Lipinski definition) is 2. The molecule has 0 unspecified atom stereocenters. The molecule has 0 aromatic carbocycles. The van der Waals surface area contributed by atoms with Gasteiger partial charge in [-0.3, -0.25) is 9.59 Å². The van der Waals surface area contributed by atoms with E-state index in [1.165, 1.54) is 19.3 Å². The van der Waals surface area contributed by atoms with E-state index in [1.54, 1.807) is 12.2 Å². The summed E-state index contributed by atoms with van der Waals surface area (Å²) in [7, 11) is 0. The molecule has 1 aliphatic rings. The first kappa shape index (κ1) is 20.4. The van der Waals surface area contributed by atoms with Gasteiger partial charge in [-0.25, -0.2) is 0 Å². The predicted molar refractivity (Wildman–Crippen MR) is 95.7 cm³/mol. The lowest BCUT2D eigenvalue weighted by atomic mass is 9.89. The summed E-state index contributed by atoms with van der Waals surface area (Å²) < 4.78 is 0. The van der Waals surface area contributed by atoms with Crippen molar-refractivity contribution < 1.29 is 19.8 Å². The number of aliphatic carboxylic acids is 1. The summed E-state index contributed by atoms with van der Waals surface area (Å²) in [6.07, 6.45) is 17.0. The quantitative estimate of drug-likeness (QED) is 0.417. The van der Waals surface area contributed by atoms with Crippen LogP contribution in [-0.4, -0.2) is 28.1 Å². The van der Waals surface area contributed by atoms with Gasteiger partial charge in [0.1, 0.15) is 0 Å². The van der Waals surface area contributed by atoms with Crippen molar-refractivity contribution in [2.24, 2.45) is 11.8 Å². The molecule has 3 atom stereocenters. The molecule has 0 saturated heterocycles. The van der Waals surface area contributed by atoms with Crippen molar-refractivity contribution in [3.63, 3.8) is 0 Å². The van der Waals surface area contributed by atoms with Crippen LogP contribution in [0.5, 0.6) is 0 Å². The number of ketones is 1. The highest BCUT2D eigenvalue weighted by atomic mass is 16.4. The van der Waals surface area contributed by atoms with Crippen LogP contribution in [0.2, 0.25) is 0 Å². The Morgan fingerprint density at radius 3 is 2.79 bits per heavy atom. The summed E-state index contributed by atoms with van der Waals surface area (Å²) in [5.74, 6) is -0.992. The average Bonchev–Trinajstić information content (AvgIpc) is 2.89. The fourth-order valence-electron chi connectivity index (χ4n) is 2.86. The Bertz CT molecular complexity index is 476. The van der Waals surface area contributed by atoms with E-state index in [4.69, 9.17) is 5.11 Å². The van der Waals surface area contributed by atoms with Crippen LogP contribution in [0.4, 0.5) is 0 Å². The van der Waals surface area contributed by atoms with Crippen LogP contribution in [0.25, 0.3) is 0 Å². The van der Waals surface area contributed by atoms with Gasteiger partial charge >= 0.3 is 5.97 Å². The van der Waals surface area contributed by atoms with Gasteiger partial charge in [0.15, 0.2) is 5.78 Å². The van der Waals surface area contributed by atoms with Crippen molar-refractivity contribution >= 4 is 11.8 Å². The van der Waals surface area contributed by atoms with Gasteiger partial charge in [0, 0.05) is 18.3 Å². The average molecular weight is 334 g/mol. The van der Waals surface area contributed by atoms with E-state index in [2.05, 4.69) is 13.0 Å². The number of carbonyl (C=O) groups excluding carboxylic acids is 1. The molecule has 0 radical (unpaired) electrons. The lowest BCUT2D eigenvalue weighted by molar-refractivity contribution is -0.137. The SMILES string of the molecule is CCCCC/C=C\C[C@H](O)/C=C/[C@H]1C=CC(=O)[C@H]1CCCC(=O)O. The van der Waals surface area contributed by atoms with Gasteiger partial charge in [-0.2, -0.15) is 0 Å². The first-order valence-corrected chi connectivity index (χ1v) is 8.99. The second kappa shape index (κ2) is 11.8. The highest BCUT2D eigenvalue weighted by Crippen LogP contribution is 2.28. The Kier molecular flexibility index (Phi) is 10.0. The number of carboxylic acid groups (broad SMARTS) is 1. The predicted octanol–water partition coefficient (Wildman–Crippen LogP) is 4.06. The summed E-state index contributed by atoms with van der Waals surface area (Å²) in [6, 6.07) is 0. The summed E-state index contributed by atoms with van der Waals surface area (Å²) in [4.78, 5) is 22.4. The molecule has 0 saturated carbocycles. The molecule has 134 valence electrons. The number of rotatable bonds is 12. The maximum Gasteiger partial charge on any atom is 0.303 e. The summed E-state index contributed by atoms with van der Waals surface area (Å²) in [5, 5.41) is 18.7. The maximum absolute atomic E-state index is 11.9. The van der Waals surface area contributed by atoms with E-state index in [1.807, 2.05) is 18.2 Å². The molecular formula is C20H30O4. The molecule has 0 fully saturated rings. The molecule has 24 heavy (non-hydrogen) atoms. The molecule has 0 aromatic heterocycles. The minimum atomic E-state index is -0.832. The molecule has 0 amide bonds. The molecule has 0 bridgehead atoms. The lowest BCUT2D eigenvalue weighted by Gasteiger charge is -2.14. The second-order valence-electron chi connectivity index (χ2n) is 6.39. The van der Waals surface area contributed by atoms with E-state index in [9.17, 15) is 14.7 Å². The van der Waals surface area contributed by atoms with Crippen LogP contribution in [-0.2, 0) is 9.59 Å². The molecule has 4 nitrogen and oxygen atoms in total. The van der Waals surface area contributed by atoms with Crippen molar-refractivity contribution in [1.29, 1.82) is 0 Å². The van der Waals surface area contributed by atoms with E-state index < -0.39 is 12.1 Å². The monoisotopic (exact) mass is 334 g/mol. The molecule has 0 aliphatic heterocycles. The number of aliphatic hydroxyl groups excluding tert-OH is 1. The normalized spacial score (nSPS) is 22.0. The first-order chi connectivity index (χ1) is 11.5. The largest absolute Gasteiger partial charge is 0.481 e. The highest BCUT2D eigenvalue weighted by Gasteiger charge is 2.27. The van der Waals surface area contributed by atoms with Gasteiger partial charge in [0.2, 0.25) is 0 Å². The Morgan fingerprint density at radius 2 is 2.08 bits per heavy atom. The number of carboxylic acids is 1. The highest BCUT2D eigenvalue weighted by molar-refractivity contribution is 5.94. The zero-order chi connectivity index (χ0) is 17.8. The number of carbonyl (C=O) groups is 2. The van der Waals surface area contributed by atoms with Crippen molar-refractivity contribution in [1.82, 2.24) is 0 Å². The summed E-state index contributed by atoms with van der Waals surface area (Å²) in [6.45, 7) is 2.18. The Hall–Kier alpha value is -1.68. The van der Waals surface area contributed by atoms with Crippen LogP contribution in [0.1, 0.15) is 58.3 Å². The van der Waals surface area contributed by atoms with Crippen LogP contribution in [0.3, 0.4) is 0 Å². The Balaban J connectivity index is 2.36. The third-order valence-corrected chi connectivity index (χ3v) is 4.29. The molecular weight excluding hydrogens is 304 g/mol. The zero-order valence-electron chi connectivity index (χ0n) is 14.6. The maximum atomic E-state index is 11.9. The van der Waals surface area contributed by atoms with Crippen LogP contribution in [0.15, 0.2) is 36.5 Å². The summed E-state index contributed by atoms with van der Waals surface area (Å²) in [5.41, 5.74) is 0. The molecule has 2 N–H and O–H groups in total. The van der Waals surface area contributed by atoms with Gasteiger partial charge in [-0.05, 0) is 38.2 Å². The van der Waals surface area contributed by atoms with E-state index in [-0.39, 0.29) is 24.0 Å². The molecule has 4 heteroatoms. The Labute approximate surface area is 145 Å². The topological polar surface area (TPSA) is 74.6 Å². The van der Waals surface area contributed by atoms with Gasteiger partial charge in [0.05, 0.1) is 6.10 Å². The first-order valence-electron chi connectivity index (χ1n) is 8.99. The standard InChI is InChI=1S/C20H30O4/c1-2-3-4-5-6-7-9-17(21)14-12-16-13-15-19(22)18(16)10-8-11-20(23)24/h6-7,12-18,21H,2-5,8-11H2,1H3,(H,23,24)/b7-6-,14-12+/t16-,17-,18-/m0/s1. The number of aliphatic hydroxyl groups is 1. The van der Waals surface area contributed by atoms with Crippen molar-refractivity contribution in [3.8, 4) is 0 Å². The van der Waals surface area contributed by atoms with E-state index >= 15 is 0 Å². The Morgan fingerprint density at radius 1 is 1.29 bits per heavy atom. The lowest BCUT2D eigenvalue weighted by Crippen LogP contribution is -2.15. The number of allylic oxidation sites excluding steroid dienone is 4. The van der Waals surface area contributed by atoms with Crippen molar-refractivity contribution in [2.45, 2.75) is 64.4 Å². The third-order valence-electron chi connectivity index (χ3n) is 4.29. The molecule has 1 rings (SSSR count). The minimum absolute atomic E-state index is 0.0329. The molecule has 0 heterocycles. The van der Waals surface area contributed by atoms with Gasteiger partial charge in [-0.1, -0.05) is 50.1 Å². The van der Waals surface area contributed by atoms with Gasteiger partial charge < -0.3 is 10.2 Å². The van der Waals surface area contributed by atoms with Crippen LogP contribution < -0.4 is 0 Å². The van der Waals surface area contributed by atoms with Gasteiger partial charge in [0.25, 0.3) is 0 Å². The summed E-state index contributed by atoms with van der Waals surface area (Å²) >= 11 is 0. The minimum Gasteiger partial charge on any atom is -0.481 e. The zero-order valence-corrected chi connectivity index (χ0v) is 14.6.